The van der Waals surface area contributed by atoms with Gasteiger partial charge >= 0.3 is 12.1 Å². The van der Waals surface area contributed by atoms with E-state index in [9.17, 15) is 9.59 Å². The number of carbonyl (C=O) groups excluding carboxylic acids is 1. The molecule has 1 amide bonds. The van der Waals surface area contributed by atoms with Gasteiger partial charge in [0.1, 0.15) is 6.61 Å². The highest BCUT2D eigenvalue weighted by Crippen LogP contribution is 2.45. The molecule has 0 radical (unpaired) electrons. The van der Waals surface area contributed by atoms with Gasteiger partial charge in [0.05, 0.1) is 5.92 Å². The lowest BCUT2D eigenvalue weighted by Gasteiger charge is -2.35. The lowest BCUT2D eigenvalue weighted by molar-refractivity contribution is -0.149. The Hall–Kier alpha value is -1.52. The minimum Gasteiger partial charge on any atom is -0.481 e. The number of aliphatic carboxylic acids is 1. The molecule has 1 heterocycles. The second-order valence-electron chi connectivity index (χ2n) is 4.37. The fraction of sp³-hybridized carbons (Fsp3) is 0.636. The Kier molecular flexibility index (Phi) is 2.85. The van der Waals surface area contributed by atoms with E-state index in [-0.39, 0.29) is 24.5 Å². The third-order valence-electron chi connectivity index (χ3n) is 3.47. The largest absolute Gasteiger partial charge is 0.481 e. The summed E-state index contributed by atoms with van der Waals surface area (Å²) < 4.78 is 4.92. The first-order chi connectivity index (χ1) is 7.63. The molecular weight excluding hydrogens is 210 g/mol. The van der Waals surface area contributed by atoms with Crippen molar-refractivity contribution in [3.63, 3.8) is 0 Å². The van der Waals surface area contributed by atoms with Gasteiger partial charge in [0, 0.05) is 13.1 Å². The van der Waals surface area contributed by atoms with E-state index in [0.29, 0.717) is 25.4 Å². The fourth-order valence-corrected chi connectivity index (χ4v) is 2.56. The normalized spacial score (nSPS) is 31.5. The molecule has 1 aliphatic carbocycles. The van der Waals surface area contributed by atoms with Gasteiger partial charge in [-0.15, -0.1) is 0 Å². The number of rotatable bonds is 3. The van der Waals surface area contributed by atoms with Gasteiger partial charge in [-0.05, 0) is 18.3 Å². The molecular formula is C11H15NO4. The molecule has 0 aromatic heterocycles. The summed E-state index contributed by atoms with van der Waals surface area (Å²) in [5.41, 5.74) is 0. The predicted octanol–water partition coefficient (Wildman–Crippen LogP) is 0.962. The number of hydrogen-bond acceptors (Lipinski definition) is 3. The highest BCUT2D eigenvalue weighted by molar-refractivity contribution is 5.73. The van der Waals surface area contributed by atoms with Crippen LogP contribution < -0.4 is 0 Å². The van der Waals surface area contributed by atoms with Gasteiger partial charge in [0.25, 0.3) is 0 Å². The maximum atomic E-state index is 11.5. The van der Waals surface area contributed by atoms with Crippen molar-refractivity contribution in [2.45, 2.75) is 6.42 Å². The van der Waals surface area contributed by atoms with Crippen LogP contribution in [-0.2, 0) is 9.53 Å². The minimum atomic E-state index is -0.748. The average molecular weight is 225 g/mol. The van der Waals surface area contributed by atoms with Gasteiger partial charge in [0.2, 0.25) is 0 Å². The van der Waals surface area contributed by atoms with E-state index >= 15 is 0 Å². The van der Waals surface area contributed by atoms with Gasteiger partial charge in [-0.3, -0.25) is 4.79 Å². The van der Waals surface area contributed by atoms with Gasteiger partial charge < -0.3 is 14.7 Å². The van der Waals surface area contributed by atoms with Crippen molar-refractivity contribution in [2.75, 3.05) is 19.7 Å². The first-order valence-electron chi connectivity index (χ1n) is 5.39. The molecule has 1 aliphatic heterocycles. The zero-order valence-corrected chi connectivity index (χ0v) is 8.96. The Morgan fingerprint density at radius 3 is 2.88 bits per heavy atom. The molecule has 2 aliphatic rings. The molecule has 1 saturated heterocycles. The third kappa shape index (κ3) is 1.77. The molecule has 88 valence electrons. The average Bonchev–Trinajstić information content (AvgIpc) is 2.53. The van der Waals surface area contributed by atoms with Crippen molar-refractivity contribution in [3.8, 4) is 0 Å². The van der Waals surface area contributed by atoms with Crippen LogP contribution in [0.25, 0.3) is 0 Å². The number of ether oxygens (including phenoxy) is 1. The number of carboxylic acids is 1. The molecule has 16 heavy (non-hydrogen) atoms. The number of amides is 1. The molecule has 0 spiro atoms. The monoisotopic (exact) mass is 225 g/mol. The van der Waals surface area contributed by atoms with E-state index < -0.39 is 5.97 Å². The summed E-state index contributed by atoms with van der Waals surface area (Å²) in [5, 5.41) is 8.90. The zero-order valence-electron chi connectivity index (χ0n) is 8.96. The summed E-state index contributed by atoms with van der Waals surface area (Å²) in [7, 11) is 0. The summed E-state index contributed by atoms with van der Waals surface area (Å²) in [6.07, 6.45) is 1.84. The Labute approximate surface area is 93.7 Å². The van der Waals surface area contributed by atoms with Crippen molar-refractivity contribution in [1.29, 1.82) is 0 Å². The number of likely N-dealkylation sites (tertiary alicyclic amines) is 1. The van der Waals surface area contributed by atoms with Crippen LogP contribution in [0, 0.1) is 17.8 Å². The summed E-state index contributed by atoms with van der Waals surface area (Å²) in [6.45, 7) is 4.81. The van der Waals surface area contributed by atoms with E-state index in [4.69, 9.17) is 9.84 Å². The van der Waals surface area contributed by atoms with Gasteiger partial charge in [-0.1, -0.05) is 12.7 Å². The van der Waals surface area contributed by atoms with Gasteiger partial charge in [0.15, 0.2) is 0 Å². The fourth-order valence-electron chi connectivity index (χ4n) is 2.56. The van der Waals surface area contributed by atoms with Crippen LogP contribution in [0.2, 0.25) is 0 Å². The van der Waals surface area contributed by atoms with Crippen LogP contribution in [0.4, 0.5) is 4.79 Å². The SMILES string of the molecule is C=CCOC(=O)N1CC2CC(C(=O)O)C2C1. The molecule has 0 aromatic carbocycles. The highest BCUT2D eigenvalue weighted by Gasteiger charge is 2.51. The number of fused-ring (bicyclic) bond motifs is 1. The lowest BCUT2D eigenvalue weighted by Crippen LogP contribution is -2.40. The van der Waals surface area contributed by atoms with Crippen molar-refractivity contribution >= 4 is 12.1 Å². The quantitative estimate of drug-likeness (QED) is 0.726. The Bertz CT molecular complexity index is 328. The van der Waals surface area contributed by atoms with Gasteiger partial charge in [-0.2, -0.15) is 0 Å². The van der Waals surface area contributed by atoms with Crippen molar-refractivity contribution in [1.82, 2.24) is 4.90 Å². The van der Waals surface area contributed by atoms with Crippen molar-refractivity contribution in [2.24, 2.45) is 17.8 Å². The molecule has 2 fully saturated rings. The number of carbonyl (C=O) groups is 2. The number of hydrogen-bond donors (Lipinski definition) is 1. The molecule has 3 atom stereocenters. The summed E-state index contributed by atoms with van der Waals surface area (Å²) >= 11 is 0. The molecule has 1 N–H and O–H groups in total. The Balaban J connectivity index is 1.86. The minimum absolute atomic E-state index is 0.119. The number of carboxylic acid groups (broad SMARTS) is 1. The van der Waals surface area contributed by atoms with Crippen LogP contribution >= 0.6 is 0 Å². The highest BCUT2D eigenvalue weighted by atomic mass is 16.6. The lowest BCUT2D eigenvalue weighted by atomic mass is 9.67. The standard InChI is InChI=1S/C11H15NO4/c1-2-3-16-11(15)12-5-7-4-8(10(13)14)9(7)6-12/h2,7-9H,1,3-6H2,(H,13,14). The van der Waals surface area contributed by atoms with E-state index in [1.54, 1.807) is 4.90 Å². The predicted molar refractivity (Wildman–Crippen MR) is 55.8 cm³/mol. The van der Waals surface area contributed by atoms with Crippen LogP contribution in [0.5, 0.6) is 0 Å². The van der Waals surface area contributed by atoms with Crippen molar-refractivity contribution < 1.29 is 19.4 Å². The summed E-state index contributed by atoms with van der Waals surface area (Å²) in [5.74, 6) is -0.559. The molecule has 5 nitrogen and oxygen atoms in total. The first kappa shape index (κ1) is 11.0. The zero-order chi connectivity index (χ0) is 11.7. The second kappa shape index (κ2) is 4.15. The first-order valence-corrected chi connectivity index (χ1v) is 5.39. The topological polar surface area (TPSA) is 66.8 Å². The third-order valence-corrected chi connectivity index (χ3v) is 3.47. The molecule has 0 aromatic rings. The molecule has 2 rings (SSSR count). The maximum Gasteiger partial charge on any atom is 0.410 e. The van der Waals surface area contributed by atoms with E-state index in [1.165, 1.54) is 6.08 Å². The molecule has 1 saturated carbocycles. The molecule has 3 unspecified atom stereocenters. The van der Waals surface area contributed by atoms with Crippen LogP contribution in [-0.4, -0.2) is 41.8 Å². The van der Waals surface area contributed by atoms with Gasteiger partial charge in [-0.25, -0.2) is 4.79 Å². The van der Waals surface area contributed by atoms with Crippen molar-refractivity contribution in [3.05, 3.63) is 12.7 Å². The number of nitrogens with zero attached hydrogens (tertiary/aromatic N) is 1. The second-order valence-corrected chi connectivity index (χ2v) is 4.37. The van der Waals surface area contributed by atoms with Crippen LogP contribution in [0.1, 0.15) is 6.42 Å². The smallest absolute Gasteiger partial charge is 0.410 e. The molecule has 5 heteroatoms. The van der Waals surface area contributed by atoms with Crippen LogP contribution in [0.15, 0.2) is 12.7 Å². The van der Waals surface area contributed by atoms with E-state index in [2.05, 4.69) is 6.58 Å². The van der Waals surface area contributed by atoms with E-state index in [1.807, 2.05) is 0 Å². The summed E-state index contributed by atoms with van der Waals surface area (Å²) in [6, 6.07) is 0. The Morgan fingerprint density at radius 2 is 2.25 bits per heavy atom. The Morgan fingerprint density at radius 1 is 1.50 bits per heavy atom. The van der Waals surface area contributed by atoms with Crippen LogP contribution in [0.3, 0.4) is 0 Å². The maximum absolute atomic E-state index is 11.5. The van der Waals surface area contributed by atoms with E-state index in [0.717, 1.165) is 0 Å². The summed E-state index contributed by atoms with van der Waals surface area (Å²) in [4.78, 5) is 23.9. The molecule has 0 bridgehead atoms.